The van der Waals surface area contributed by atoms with Gasteiger partial charge in [-0.3, -0.25) is 14.4 Å². The monoisotopic (exact) mass is 601 g/mol. The number of ether oxygens (including phenoxy) is 2. The molecule has 12 nitrogen and oxygen atoms in total. The van der Waals surface area contributed by atoms with Crippen molar-refractivity contribution in [1.82, 2.24) is 39.8 Å². The van der Waals surface area contributed by atoms with Crippen molar-refractivity contribution in [2.24, 2.45) is 0 Å². The Morgan fingerprint density at radius 1 is 1.18 bits per heavy atom. The van der Waals surface area contributed by atoms with E-state index in [-0.39, 0.29) is 23.6 Å². The number of morpholine rings is 1. The van der Waals surface area contributed by atoms with Crippen LogP contribution < -0.4 is 10.1 Å². The van der Waals surface area contributed by atoms with Crippen molar-refractivity contribution in [1.29, 1.82) is 5.26 Å². The van der Waals surface area contributed by atoms with Gasteiger partial charge in [0.15, 0.2) is 0 Å². The highest BCUT2D eigenvalue weighted by atomic mass is 19.1. The van der Waals surface area contributed by atoms with E-state index in [1.54, 1.807) is 12.3 Å². The number of hydrogen-bond acceptors (Lipinski definition) is 9. The van der Waals surface area contributed by atoms with Gasteiger partial charge in [0.2, 0.25) is 0 Å². The number of amides is 1. The lowest BCUT2D eigenvalue weighted by molar-refractivity contribution is 0.0383. The molecule has 44 heavy (non-hydrogen) atoms. The van der Waals surface area contributed by atoms with Gasteiger partial charge in [-0.1, -0.05) is 0 Å². The van der Waals surface area contributed by atoms with Crippen LogP contribution in [0.4, 0.5) is 4.39 Å². The number of halogens is 1. The summed E-state index contributed by atoms with van der Waals surface area (Å²) < 4.78 is 27.8. The lowest BCUT2D eigenvalue weighted by atomic mass is 10.1. The van der Waals surface area contributed by atoms with Crippen LogP contribution in [0.3, 0.4) is 0 Å². The van der Waals surface area contributed by atoms with E-state index in [0.29, 0.717) is 38.5 Å². The highest BCUT2D eigenvalue weighted by Crippen LogP contribution is 2.27. The molecule has 0 radical (unpaired) electrons. The van der Waals surface area contributed by atoms with E-state index in [0.717, 1.165) is 67.9 Å². The van der Waals surface area contributed by atoms with Crippen molar-refractivity contribution in [2.45, 2.75) is 31.4 Å². The molecule has 1 amide bonds. The van der Waals surface area contributed by atoms with Gasteiger partial charge in [0.05, 0.1) is 43.6 Å². The Morgan fingerprint density at radius 2 is 2.02 bits per heavy atom. The van der Waals surface area contributed by atoms with E-state index in [9.17, 15) is 14.4 Å². The molecule has 0 saturated carbocycles. The summed E-state index contributed by atoms with van der Waals surface area (Å²) in [6, 6.07) is 8.29. The molecule has 6 rings (SSSR count). The van der Waals surface area contributed by atoms with Crippen LogP contribution in [0.1, 0.15) is 35.7 Å². The average molecular weight is 602 g/mol. The zero-order valence-electron chi connectivity index (χ0n) is 24.5. The van der Waals surface area contributed by atoms with Gasteiger partial charge < -0.3 is 24.7 Å². The van der Waals surface area contributed by atoms with Gasteiger partial charge in [-0.15, -0.1) is 0 Å². The van der Waals surface area contributed by atoms with Crippen LogP contribution in [0.25, 0.3) is 22.3 Å². The normalized spacial score (nSPS) is 17.4. The molecule has 1 atom stereocenters. The summed E-state index contributed by atoms with van der Waals surface area (Å²) in [6.45, 7) is 6.49. The van der Waals surface area contributed by atoms with E-state index in [2.05, 4.69) is 41.2 Å². The fraction of sp³-hybridized carbons (Fsp3) is 0.452. The highest BCUT2D eigenvalue weighted by molar-refractivity contribution is 5.94. The second-order valence-corrected chi connectivity index (χ2v) is 11.2. The number of carbonyl (C=O) groups is 1. The molecule has 5 heterocycles. The molecule has 2 N–H and O–H groups in total. The van der Waals surface area contributed by atoms with Crippen LogP contribution >= 0.6 is 0 Å². The largest absolute Gasteiger partial charge is 0.490 e. The summed E-state index contributed by atoms with van der Waals surface area (Å²) in [4.78, 5) is 29.0. The number of rotatable bonds is 11. The van der Waals surface area contributed by atoms with E-state index in [4.69, 9.17) is 9.47 Å². The van der Waals surface area contributed by atoms with Crippen LogP contribution in [0.15, 0.2) is 49.2 Å². The number of carbonyl (C=O) groups excluding carboxylic acids is 1. The Morgan fingerprint density at radius 3 is 2.84 bits per heavy atom. The maximum absolute atomic E-state index is 14.4. The first-order valence-corrected chi connectivity index (χ1v) is 15.0. The van der Waals surface area contributed by atoms with E-state index in [1.165, 1.54) is 18.5 Å². The summed E-state index contributed by atoms with van der Waals surface area (Å²) >= 11 is 0. The molecular weight excluding hydrogens is 565 g/mol. The number of H-pyrrole nitrogens is 1. The number of nitriles is 1. The molecule has 1 aromatic carbocycles. The second-order valence-electron chi connectivity index (χ2n) is 11.2. The molecule has 4 aromatic rings. The predicted octanol–water partition coefficient (Wildman–Crippen LogP) is 3.02. The lowest BCUT2D eigenvalue weighted by Crippen LogP contribution is -2.41. The molecule has 2 aliphatic rings. The summed E-state index contributed by atoms with van der Waals surface area (Å²) in [5.41, 5.74) is 2.67. The molecule has 0 bridgehead atoms. The topological polar surface area (TPSA) is 137 Å². The van der Waals surface area contributed by atoms with E-state index in [1.807, 2.05) is 23.1 Å². The number of aromatic nitrogens is 5. The Hall–Kier alpha value is -4.38. The number of nitrogens with one attached hydrogen (secondary N) is 2. The van der Waals surface area contributed by atoms with Crippen LogP contribution in [0, 0.1) is 17.1 Å². The molecule has 2 saturated heterocycles. The third-order valence-corrected chi connectivity index (χ3v) is 8.19. The lowest BCUT2D eigenvalue weighted by Gasteiger charge is -2.34. The Labute approximate surface area is 254 Å². The Kier molecular flexibility index (Phi) is 9.40. The standard InChI is InChI=1S/C31H36FN9O3/c32-24-15-22(31(42)35-7-10-39-11-13-43-14-12-39)16-27(17-24)44-26-3-8-40(9-4-26)20-25(1-5-33)41-19-23(18-38-41)29-28-2-6-34-30(28)37-21-36-29/h2,6,15-19,21,25-26H,1,3-4,7-14,20H2,(H,35,42)(H,34,36,37). The van der Waals surface area contributed by atoms with Gasteiger partial charge in [-0.25, -0.2) is 14.4 Å². The quantitative estimate of drug-likeness (QED) is 0.266. The number of likely N-dealkylation sites (tertiary alicyclic amines) is 1. The number of nitrogens with zero attached hydrogens (tertiary/aromatic N) is 7. The van der Waals surface area contributed by atoms with Gasteiger partial charge >= 0.3 is 0 Å². The molecule has 0 aliphatic carbocycles. The number of benzene rings is 1. The van der Waals surface area contributed by atoms with Crippen LogP contribution in [0.2, 0.25) is 0 Å². The number of aromatic amines is 1. The average Bonchev–Trinajstić information content (AvgIpc) is 3.72. The zero-order valence-corrected chi connectivity index (χ0v) is 24.5. The van der Waals surface area contributed by atoms with Crippen molar-refractivity contribution in [3.05, 3.63) is 60.6 Å². The van der Waals surface area contributed by atoms with Crippen molar-refractivity contribution < 1.29 is 18.7 Å². The molecule has 1 unspecified atom stereocenters. The molecule has 3 aromatic heterocycles. The van der Waals surface area contributed by atoms with Gasteiger partial charge in [0.1, 0.15) is 29.6 Å². The third-order valence-electron chi connectivity index (χ3n) is 8.19. The van der Waals surface area contributed by atoms with Crippen LogP contribution in [0.5, 0.6) is 5.75 Å². The van der Waals surface area contributed by atoms with E-state index >= 15 is 0 Å². The second kappa shape index (κ2) is 13.9. The van der Waals surface area contributed by atoms with Gasteiger partial charge in [0.25, 0.3) is 5.91 Å². The van der Waals surface area contributed by atoms with Gasteiger partial charge in [-0.05, 0) is 31.0 Å². The minimum atomic E-state index is -0.504. The van der Waals surface area contributed by atoms with Crippen LogP contribution in [-0.2, 0) is 4.74 Å². The molecular formula is C31H36FN9O3. The number of fused-ring (bicyclic) bond motifs is 1. The summed E-state index contributed by atoms with van der Waals surface area (Å²) in [7, 11) is 0. The fourth-order valence-corrected chi connectivity index (χ4v) is 5.83. The van der Waals surface area contributed by atoms with Crippen molar-refractivity contribution in [2.75, 3.05) is 59.0 Å². The van der Waals surface area contributed by atoms with Crippen molar-refractivity contribution in [3.63, 3.8) is 0 Å². The molecule has 13 heteroatoms. The number of hydrogen-bond donors (Lipinski definition) is 2. The van der Waals surface area contributed by atoms with Gasteiger partial charge in [-0.2, -0.15) is 10.4 Å². The van der Waals surface area contributed by atoms with Crippen molar-refractivity contribution in [3.8, 4) is 23.1 Å². The predicted molar refractivity (Wildman–Crippen MR) is 160 cm³/mol. The number of piperidine rings is 1. The minimum absolute atomic E-state index is 0.0995. The summed E-state index contributed by atoms with van der Waals surface area (Å²) in [5, 5.41) is 17.9. The maximum atomic E-state index is 14.4. The molecule has 2 aliphatic heterocycles. The first-order valence-electron chi connectivity index (χ1n) is 15.0. The fourth-order valence-electron chi connectivity index (χ4n) is 5.83. The Bertz CT molecular complexity index is 1600. The third kappa shape index (κ3) is 7.21. The van der Waals surface area contributed by atoms with E-state index < -0.39 is 5.82 Å². The summed E-state index contributed by atoms with van der Waals surface area (Å²) in [6.07, 6.45) is 8.78. The zero-order chi connectivity index (χ0) is 30.3. The maximum Gasteiger partial charge on any atom is 0.251 e. The molecule has 230 valence electrons. The van der Waals surface area contributed by atoms with Crippen molar-refractivity contribution >= 4 is 16.9 Å². The SMILES string of the molecule is N#CCC(CN1CCC(Oc2cc(F)cc(C(=O)NCCN3CCOCC3)c2)CC1)n1cc(-c2ncnc3[nH]ccc23)cn1. The molecule has 0 spiro atoms. The summed E-state index contributed by atoms with van der Waals surface area (Å²) in [5.74, 6) is -0.468. The Balaban J connectivity index is 1.01. The van der Waals surface area contributed by atoms with Gasteiger partial charge in [0, 0.05) is 80.8 Å². The smallest absolute Gasteiger partial charge is 0.251 e. The first-order chi connectivity index (χ1) is 21.6. The minimum Gasteiger partial charge on any atom is -0.490 e. The highest BCUT2D eigenvalue weighted by Gasteiger charge is 2.25. The van der Waals surface area contributed by atoms with Crippen LogP contribution in [-0.4, -0.2) is 106 Å². The molecule has 2 fully saturated rings. The first kappa shape index (κ1) is 29.7.